The number of halogens is 1. The summed E-state index contributed by atoms with van der Waals surface area (Å²) in [5, 5.41) is 5.76. The number of nitrogens with one attached hydrogen (secondary N) is 2. The van der Waals surface area contributed by atoms with Crippen LogP contribution in [0.3, 0.4) is 0 Å². The summed E-state index contributed by atoms with van der Waals surface area (Å²) in [5.41, 5.74) is 2.70. The highest BCUT2D eigenvalue weighted by atomic mass is 19.1. The van der Waals surface area contributed by atoms with Crippen LogP contribution in [-0.4, -0.2) is 37.2 Å². The lowest BCUT2D eigenvalue weighted by molar-refractivity contribution is -0.124. The predicted molar refractivity (Wildman–Crippen MR) is 128 cm³/mol. The number of hydrogen-bond donors (Lipinski definition) is 2. The zero-order chi connectivity index (χ0) is 24.0. The van der Waals surface area contributed by atoms with Crippen LogP contribution in [0.1, 0.15) is 45.2 Å². The van der Waals surface area contributed by atoms with Crippen molar-refractivity contribution in [3.05, 3.63) is 65.5 Å². The molecule has 1 unspecified atom stereocenters. The Kier molecular flexibility index (Phi) is 7.95. The Morgan fingerprint density at radius 3 is 2.55 bits per heavy atom. The van der Waals surface area contributed by atoms with Gasteiger partial charge in [-0.2, -0.15) is 0 Å². The molecule has 0 saturated carbocycles. The molecule has 2 aromatic rings. The highest BCUT2D eigenvalue weighted by molar-refractivity contribution is 5.86. The molecule has 33 heavy (non-hydrogen) atoms. The fraction of sp³-hybridized carbons (Fsp3) is 0.462. The summed E-state index contributed by atoms with van der Waals surface area (Å²) >= 11 is 0. The Morgan fingerprint density at radius 2 is 1.85 bits per heavy atom. The van der Waals surface area contributed by atoms with Crippen LogP contribution in [0.4, 0.5) is 14.9 Å². The Bertz CT molecular complexity index is 959. The molecule has 2 atom stereocenters. The van der Waals surface area contributed by atoms with E-state index in [-0.39, 0.29) is 29.8 Å². The van der Waals surface area contributed by atoms with Gasteiger partial charge < -0.3 is 20.3 Å². The number of rotatable bonds is 8. The van der Waals surface area contributed by atoms with Crippen LogP contribution in [0.2, 0.25) is 0 Å². The van der Waals surface area contributed by atoms with Crippen molar-refractivity contribution in [2.45, 2.75) is 59.2 Å². The number of amides is 2. The second kappa shape index (κ2) is 10.7. The van der Waals surface area contributed by atoms with Crippen molar-refractivity contribution in [2.75, 3.05) is 18.0 Å². The van der Waals surface area contributed by atoms with E-state index >= 15 is 0 Å². The molecule has 0 radical (unpaired) electrons. The smallest absolute Gasteiger partial charge is 0.408 e. The zero-order valence-corrected chi connectivity index (χ0v) is 19.9. The molecular weight excluding hydrogens is 421 g/mol. The first-order valence-electron chi connectivity index (χ1n) is 11.4. The first-order chi connectivity index (χ1) is 15.6. The predicted octanol–water partition coefficient (Wildman–Crippen LogP) is 4.42. The van der Waals surface area contributed by atoms with Gasteiger partial charge in [0.05, 0.1) is 0 Å². The molecule has 1 aliphatic heterocycles. The van der Waals surface area contributed by atoms with Gasteiger partial charge in [0.25, 0.3) is 0 Å². The number of ether oxygens (including phenoxy) is 1. The summed E-state index contributed by atoms with van der Waals surface area (Å²) in [6, 6.07) is 13.4. The Labute approximate surface area is 195 Å². The molecule has 2 amide bonds. The first-order valence-corrected chi connectivity index (χ1v) is 11.4. The van der Waals surface area contributed by atoms with E-state index in [1.165, 1.54) is 6.07 Å². The first kappa shape index (κ1) is 24.6. The van der Waals surface area contributed by atoms with Gasteiger partial charge in [-0.05, 0) is 54.5 Å². The lowest BCUT2D eigenvalue weighted by Gasteiger charge is -2.29. The molecule has 2 N–H and O–H groups in total. The maximum Gasteiger partial charge on any atom is 0.408 e. The number of nitrogens with zero attached hydrogens (tertiary/aromatic N) is 1. The van der Waals surface area contributed by atoms with Gasteiger partial charge in [-0.1, -0.05) is 51.1 Å². The van der Waals surface area contributed by atoms with Gasteiger partial charge in [-0.3, -0.25) is 4.79 Å². The van der Waals surface area contributed by atoms with Gasteiger partial charge in [-0.15, -0.1) is 0 Å². The van der Waals surface area contributed by atoms with Crippen molar-refractivity contribution in [1.29, 1.82) is 0 Å². The SMILES string of the molecule is C[C@@H](CN1CCc2cc(F)ccc21)NC(=O)C(CC(C)(C)C)NC(=O)OCc1ccccc1. The molecule has 6 nitrogen and oxygen atoms in total. The summed E-state index contributed by atoms with van der Waals surface area (Å²) in [5.74, 6) is -0.472. The van der Waals surface area contributed by atoms with Crippen LogP contribution in [0, 0.1) is 11.2 Å². The molecule has 2 aromatic carbocycles. The lowest BCUT2D eigenvalue weighted by atomic mass is 9.87. The van der Waals surface area contributed by atoms with E-state index in [2.05, 4.69) is 15.5 Å². The summed E-state index contributed by atoms with van der Waals surface area (Å²) in [6.07, 6.45) is 0.638. The van der Waals surface area contributed by atoms with Gasteiger partial charge >= 0.3 is 6.09 Å². The largest absolute Gasteiger partial charge is 0.445 e. The molecule has 0 saturated heterocycles. The molecule has 1 aliphatic rings. The number of carbonyl (C=O) groups excluding carboxylic acids is 2. The van der Waals surface area contributed by atoms with E-state index in [0.717, 1.165) is 29.8 Å². The van der Waals surface area contributed by atoms with Crippen LogP contribution in [-0.2, 0) is 22.6 Å². The highest BCUT2D eigenvalue weighted by Gasteiger charge is 2.29. The molecule has 3 rings (SSSR count). The molecular formula is C26H34FN3O3. The normalized spacial score (nSPS) is 14.9. The van der Waals surface area contributed by atoms with E-state index in [4.69, 9.17) is 4.74 Å². The summed E-state index contributed by atoms with van der Waals surface area (Å²) in [7, 11) is 0. The van der Waals surface area contributed by atoms with Gasteiger partial charge in [0.15, 0.2) is 0 Å². The van der Waals surface area contributed by atoms with Crippen molar-refractivity contribution in [3.8, 4) is 0 Å². The standard InChI is InChI=1S/C26H34FN3O3/c1-18(16-30-13-12-20-14-21(27)10-11-23(20)30)28-24(31)22(15-26(2,3)4)29-25(32)33-17-19-8-6-5-7-9-19/h5-11,14,18,22H,12-13,15-17H2,1-4H3,(H,28,31)(H,29,32)/t18-,22?/m0/s1. The number of benzene rings is 2. The summed E-state index contributed by atoms with van der Waals surface area (Å²) in [6.45, 7) is 9.53. The third kappa shape index (κ3) is 7.48. The van der Waals surface area contributed by atoms with E-state index in [0.29, 0.717) is 13.0 Å². The average Bonchev–Trinajstić information content (AvgIpc) is 3.13. The maximum absolute atomic E-state index is 13.5. The molecule has 0 bridgehead atoms. The number of alkyl carbamates (subject to hydrolysis) is 1. The monoisotopic (exact) mass is 455 g/mol. The third-order valence-electron chi connectivity index (χ3n) is 5.55. The Balaban J connectivity index is 1.56. The van der Waals surface area contributed by atoms with Crippen LogP contribution in [0.25, 0.3) is 0 Å². The van der Waals surface area contributed by atoms with Crippen molar-refractivity contribution in [2.24, 2.45) is 5.41 Å². The molecule has 0 spiro atoms. The second-order valence-electron chi connectivity index (χ2n) is 9.90. The molecule has 7 heteroatoms. The Hall–Kier alpha value is -3.09. The maximum atomic E-state index is 13.5. The quantitative estimate of drug-likeness (QED) is 0.618. The van der Waals surface area contributed by atoms with Crippen molar-refractivity contribution in [3.63, 3.8) is 0 Å². The van der Waals surface area contributed by atoms with Gasteiger partial charge in [0.1, 0.15) is 18.5 Å². The second-order valence-corrected chi connectivity index (χ2v) is 9.90. The fourth-order valence-electron chi connectivity index (χ4n) is 4.08. The van der Waals surface area contributed by atoms with E-state index in [1.54, 1.807) is 12.1 Å². The molecule has 1 heterocycles. The lowest BCUT2D eigenvalue weighted by Crippen LogP contribution is -2.52. The van der Waals surface area contributed by atoms with Crippen molar-refractivity contribution in [1.82, 2.24) is 10.6 Å². The van der Waals surface area contributed by atoms with E-state index in [9.17, 15) is 14.0 Å². The number of anilines is 1. The zero-order valence-electron chi connectivity index (χ0n) is 19.9. The van der Waals surface area contributed by atoms with Crippen LogP contribution >= 0.6 is 0 Å². The minimum Gasteiger partial charge on any atom is -0.445 e. The van der Waals surface area contributed by atoms with Crippen LogP contribution in [0.15, 0.2) is 48.5 Å². The third-order valence-corrected chi connectivity index (χ3v) is 5.55. The minimum atomic E-state index is -0.712. The highest BCUT2D eigenvalue weighted by Crippen LogP contribution is 2.28. The molecule has 178 valence electrons. The number of fused-ring (bicyclic) bond motifs is 1. The molecule has 0 aliphatic carbocycles. The topological polar surface area (TPSA) is 70.7 Å². The Morgan fingerprint density at radius 1 is 1.12 bits per heavy atom. The molecule has 0 aromatic heterocycles. The van der Waals surface area contributed by atoms with Crippen LogP contribution in [0.5, 0.6) is 0 Å². The minimum absolute atomic E-state index is 0.141. The van der Waals surface area contributed by atoms with Crippen molar-refractivity contribution < 1.29 is 18.7 Å². The van der Waals surface area contributed by atoms with E-state index < -0.39 is 12.1 Å². The van der Waals surface area contributed by atoms with Crippen molar-refractivity contribution >= 4 is 17.7 Å². The number of hydrogen-bond acceptors (Lipinski definition) is 4. The van der Waals surface area contributed by atoms with E-state index in [1.807, 2.05) is 58.0 Å². The average molecular weight is 456 g/mol. The van der Waals surface area contributed by atoms with Gasteiger partial charge in [0.2, 0.25) is 5.91 Å². The summed E-state index contributed by atoms with van der Waals surface area (Å²) in [4.78, 5) is 27.6. The van der Waals surface area contributed by atoms with Gasteiger partial charge in [0, 0.05) is 24.8 Å². The van der Waals surface area contributed by atoms with Crippen LogP contribution < -0.4 is 15.5 Å². The summed E-state index contributed by atoms with van der Waals surface area (Å²) < 4.78 is 18.8. The number of carbonyl (C=O) groups is 2. The molecule has 0 fully saturated rings. The van der Waals surface area contributed by atoms with Gasteiger partial charge in [-0.25, -0.2) is 9.18 Å². The fourth-order valence-corrected chi connectivity index (χ4v) is 4.08.